The van der Waals surface area contributed by atoms with Gasteiger partial charge in [0, 0.05) is 17.7 Å². The van der Waals surface area contributed by atoms with Gasteiger partial charge in [0.1, 0.15) is 6.17 Å². The second-order valence-corrected chi connectivity index (χ2v) is 5.14. The van der Waals surface area contributed by atoms with Gasteiger partial charge in [-0.3, -0.25) is 20.2 Å². The highest BCUT2D eigenvalue weighted by atomic mass is 16.6. The molecule has 1 aromatic carbocycles. The Morgan fingerprint density at radius 1 is 1.55 bits per heavy atom. The second-order valence-electron chi connectivity index (χ2n) is 5.14. The number of carbonyl (C=O) groups is 1. The lowest BCUT2D eigenvalue weighted by Gasteiger charge is -2.30. The maximum atomic E-state index is 12.0. The molecule has 0 bridgehead atoms. The Hall–Kier alpha value is -1.95. The normalized spacial score (nSPS) is 20.2. The smallest absolute Gasteiger partial charge is 0.272 e. The van der Waals surface area contributed by atoms with Crippen LogP contribution in [0.25, 0.3) is 0 Å². The number of hydrogen-bond donors (Lipinski definition) is 1. The van der Waals surface area contributed by atoms with Crippen LogP contribution in [0.4, 0.5) is 5.69 Å². The number of nitrogens with one attached hydrogen (secondary N) is 1. The Bertz CT molecular complexity index is 544. The van der Waals surface area contributed by atoms with Crippen molar-refractivity contribution in [1.29, 1.82) is 0 Å². The second kappa shape index (κ2) is 5.58. The zero-order valence-corrected chi connectivity index (χ0v) is 11.9. The maximum Gasteiger partial charge on any atom is 0.272 e. The maximum absolute atomic E-state index is 12.0. The zero-order valence-electron chi connectivity index (χ0n) is 11.9. The van der Waals surface area contributed by atoms with Gasteiger partial charge in [0.2, 0.25) is 5.91 Å². The molecular weight excluding hydrogens is 258 g/mol. The van der Waals surface area contributed by atoms with Gasteiger partial charge >= 0.3 is 0 Å². The monoisotopic (exact) mass is 277 g/mol. The number of aryl methyl sites for hydroxylation is 1. The van der Waals surface area contributed by atoms with Crippen molar-refractivity contribution < 1.29 is 9.72 Å². The van der Waals surface area contributed by atoms with Crippen LogP contribution < -0.4 is 5.32 Å². The first-order valence-corrected chi connectivity index (χ1v) is 6.75. The number of nitro groups is 1. The van der Waals surface area contributed by atoms with Crippen molar-refractivity contribution in [2.45, 2.75) is 39.4 Å². The number of carbonyl (C=O) groups excluding carboxylic acids is 1. The van der Waals surface area contributed by atoms with Gasteiger partial charge in [-0.15, -0.1) is 0 Å². The number of benzene rings is 1. The van der Waals surface area contributed by atoms with E-state index in [1.807, 2.05) is 19.9 Å². The van der Waals surface area contributed by atoms with Crippen molar-refractivity contribution in [1.82, 2.24) is 10.2 Å². The third kappa shape index (κ3) is 2.51. The van der Waals surface area contributed by atoms with Gasteiger partial charge in [-0.1, -0.05) is 19.1 Å². The van der Waals surface area contributed by atoms with Crippen molar-refractivity contribution in [2.24, 2.45) is 0 Å². The van der Waals surface area contributed by atoms with Crippen molar-refractivity contribution in [3.05, 3.63) is 39.4 Å². The van der Waals surface area contributed by atoms with E-state index in [0.717, 1.165) is 12.0 Å². The Balaban J connectivity index is 2.37. The van der Waals surface area contributed by atoms with E-state index in [0.29, 0.717) is 5.56 Å². The van der Waals surface area contributed by atoms with Gasteiger partial charge in [-0.25, -0.2) is 0 Å². The minimum Gasteiger partial charge on any atom is -0.319 e. The van der Waals surface area contributed by atoms with Crippen LogP contribution >= 0.6 is 0 Å². The SMILES string of the molecule is CCC(C)N1C(=O)CNC1c1ccc(C)c([N+](=O)[O-])c1. The molecule has 1 aliphatic rings. The molecule has 20 heavy (non-hydrogen) atoms. The quantitative estimate of drug-likeness (QED) is 0.675. The number of amides is 1. The predicted molar refractivity (Wildman–Crippen MR) is 75.2 cm³/mol. The molecule has 0 aliphatic carbocycles. The summed E-state index contributed by atoms with van der Waals surface area (Å²) in [6.07, 6.45) is 0.564. The molecule has 1 aliphatic heterocycles. The molecule has 1 aromatic rings. The summed E-state index contributed by atoms with van der Waals surface area (Å²) >= 11 is 0. The summed E-state index contributed by atoms with van der Waals surface area (Å²) in [4.78, 5) is 24.4. The van der Waals surface area contributed by atoms with Crippen LogP contribution in [0.1, 0.15) is 37.6 Å². The Morgan fingerprint density at radius 2 is 2.25 bits per heavy atom. The predicted octanol–water partition coefficient (Wildman–Crippen LogP) is 2.13. The molecule has 1 heterocycles. The van der Waals surface area contributed by atoms with E-state index in [1.165, 1.54) is 0 Å². The highest BCUT2D eigenvalue weighted by Crippen LogP contribution is 2.29. The fourth-order valence-electron chi connectivity index (χ4n) is 2.49. The molecule has 2 unspecified atom stereocenters. The summed E-state index contributed by atoms with van der Waals surface area (Å²) < 4.78 is 0. The van der Waals surface area contributed by atoms with Gasteiger partial charge < -0.3 is 4.90 Å². The molecule has 0 radical (unpaired) electrons. The summed E-state index contributed by atoms with van der Waals surface area (Å²) in [5.74, 6) is 0.0348. The molecule has 0 aromatic heterocycles. The van der Waals surface area contributed by atoms with Crippen LogP contribution in [0, 0.1) is 17.0 Å². The average Bonchev–Trinajstić information content (AvgIpc) is 2.80. The molecule has 6 heteroatoms. The summed E-state index contributed by atoms with van der Waals surface area (Å²) in [5, 5.41) is 14.2. The highest BCUT2D eigenvalue weighted by molar-refractivity contribution is 5.81. The summed E-state index contributed by atoms with van der Waals surface area (Å²) in [6, 6.07) is 5.23. The Labute approximate surface area is 117 Å². The van der Waals surface area contributed by atoms with E-state index >= 15 is 0 Å². The van der Waals surface area contributed by atoms with Crippen LogP contribution in [0.15, 0.2) is 18.2 Å². The molecule has 108 valence electrons. The molecule has 1 N–H and O–H groups in total. The van der Waals surface area contributed by atoms with Crippen molar-refractivity contribution in [2.75, 3.05) is 6.54 Å². The standard InChI is InChI=1S/C14H19N3O3/c1-4-10(3)16-13(18)8-15-14(16)11-6-5-9(2)12(7-11)17(19)20/h5-7,10,14-15H,4,8H2,1-3H3. The third-order valence-corrected chi connectivity index (χ3v) is 3.82. The van der Waals surface area contributed by atoms with E-state index < -0.39 is 0 Å². The van der Waals surface area contributed by atoms with Gasteiger partial charge in [-0.2, -0.15) is 0 Å². The largest absolute Gasteiger partial charge is 0.319 e. The van der Waals surface area contributed by atoms with E-state index in [4.69, 9.17) is 0 Å². The van der Waals surface area contributed by atoms with E-state index in [1.54, 1.807) is 24.0 Å². The first kappa shape index (κ1) is 14.5. The average molecular weight is 277 g/mol. The first-order valence-electron chi connectivity index (χ1n) is 6.75. The summed E-state index contributed by atoms with van der Waals surface area (Å²) in [5.41, 5.74) is 1.47. The number of nitro benzene ring substituents is 1. The Kier molecular flexibility index (Phi) is 4.04. The number of hydrogen-bond acceptors (Lipinski definition) is 4. The lowest BCUT2D eigenvalue weighted by atomic mass is 10.1. The molecule has 1 fully saturated rings. The Morgan fingerprint density at radius 3 is 2.85 bits per heavy atom. The van der Waals surface area contributed by atoms with Crippen molar-refractivity contribution in [3.8, 4) is 0 Å². The zero-order chi connectivity index (χ0) is 14.9. The lowest BCUT2D eigenvalue weighted by molar-refractivity contribution is -0.385. The van der Waals surface area contributed by atoms with Gasteiger partial charge in [0.25, 0.3) is 5.69 Å². The van der Waals surface area contributed by atoms with Crippen molar-refractivity contribution in [3.63, 3.8) is 0 Å². The van der Waals surface area contributed by atoms with Crippen LogP contribution in [0.3, 0.4) is 0 Å². The number of rotatable bonds is 4. The van der Waals surface area contributed by atoms with Gasteiger partial charge in [-0.05, 0) is 25.8 Å². The molecule has 2 atom stereocenters. The minimum atomic E-state index is -0.386. The van der Waals surface area contributed by atoms with E-state index in [9.17, 15) is 14.9 Å². The fraction of sp³-hybridized carbons (Fsp3) is 0.500. The topological polar surface area (TPSA) is 75.5 Å². The fourth-order valence-corrected chi connectivity index (χ4v) is 2.49. The number of nitrogens with zero attached hydrogens (tertiary/aromatic N) is 2. The van der Waals surface area contributed by atoms with E-state index in [-0.39, 0.29) is 35.3 Å². The molecule has 0 saturated carbocycles. The summed E-state index contributed by atoms with van der Waals surface area (Å²) in [6.45, 7) is 5.99. The van der Waals surface area contributed by atoms with Crippen LogP contribution in [-0.4, -0.2) is 28.3 Å². The minimum absolute atomic E-state index is 0.0348. The van der Waals surface area contributed by atoms with Crippen LogP contribution in [-0.2, 0) is 4.79 Å². The molecular formula is C14H19N3O3. The molecule has 6 nitrogen and oxygen atoms in total. The summed E-state index contributed by atoms with van der Waals surface area (Å²) in [7, 11) is 0. The molecule has 1 amide bonds. The van der Waals surface area contributed by atoms with Gasteiger partial charge in [0.15, 0.2) is 0 Å². The first-order chi connectivity index (χ1) is 9.45. The van der Waals surface area contributed by atoms with Crippen LogP contribution in [0.2, 0.25) is 0 Å². The van der Waals surface area contributed by atoms with Crippen LogP contribution in [0.5, 0.6) is 0 Å². The molecule has 0 spiro atoms. The highest BCUT2D eigenvalue weighted by Gasteiger charge is 2.35. The lowest BCUT2D eigenvalue weighted by Crippen LogP contribution is -2.37. The van der Waals surface area contributed by atoms with E-state index in [2.05, 4.69) is 5.32 Å². The third-order valence-electron chi connectivity index (χ3n) is 3.82. The molecule has 1 saturated heterocycles. The van der Waals surface area contributed by atoms with Gasteiger partial charge in [0.05, 0.1) is 11.5 Å². The van der Waals surface area contributed by atoms with Crippen molar-refractivity contribution >= 4 is 11.6 Å². The molecule has 2 rings (SSSR count).